The van der Waals surface area contributed by atoms with Gasteiger partial charge in [0.15, 0.2) is 0 Å². The first-order valence-electron chi connectivity index (χ1n) is 10.5. The summed E-state index contributed by atoms with van der Waals surface area (Å²) in [5, 5.41) is 0. The lowest BCUT2D eigenvalue weighted by Gasteiger charge is -2.38. The van der Waals surface area contributed by atoms with E-state index in [1.807, 2.05) is 35.2 Å². The van der Waals surface area contributed by atoms with Crippen molar-refractivity contribution in [2.75, 3.05) is 39.3 Å². The lowest BCUT2D eigenvalue weighted by molar-refractivity contribution is -0.148. The molecule has 0 saturated carbocycles. The van der Waals surface area contributed by atoms with Crippen LogP contribution in [0.2, 0.25) is 0 Å². The summed E-state index contributed by atoms with van der Waals surface area (Å²) in [5.41, 5.74) is 1.23. The molecule has 3 heterocycles. The number of furan rings is 1. The molecule has 4 rings (SSSR count). The van der Waals surface area contributed by atoms with Gasteiger partial charge < -0.3 is 14.2 Å². The molecule has 2 aliphatic heterocycles. The fourth-order valence-electron chi connectivity index (χ4n) is 4.32. The Kier molecular flexibility index (Phi) is 6.30. The van der Waals surface area contributed by atoms with E-state index in [-0.39, 0.29) is 24.3 Å². The first-order chi connectivity index (χ1) is 14.2. The van der Waals surface area contributed by atoms with E-state index in [1.165, 1.54) is 5.56 Å². The molecule has 1 aromatic heterocycles. The molecule has 0 N–H and O–H groups in total. The van der Waals surface area contributed by atoms with Gasteiger partial charge in [-0.05, 0) is 43.5 Å². The minimum atomic E-state index is -0.0256. The standard InChI is InChI=1S/C23H29N3O3/c27-22-18-26(14-13-25(22)12-10-19-6-2-1-3-7-19)23(28)20-8-4-11-24(16-20)17-21-9-5-15-29-21/h1-3,5-7,9,15,20H,4,8,10-14,16-18H2. The van der Waals surface area contributed by atoms with Gasteiger partial charge in [-0.3, -0.25) is 14.5 Å². The average Bonchev–Trinajstić information content (AvgIpc) is 3.26. The molecular formula is C23H29N3O3. The van der Waals surface area contributed by atoms with E-state index >= 15 is 0 Å². The summed E-state index contributed by atoms with van der Waals surface area (Å²) >= 11 is 0. The predicted octanol–water partition coefficient (Wildman–Crippen LogP) is 2.41. The number of rotatable bonds is 6. The monoisotopic (exact) mass is 395 g/mol. The number of carbonyl (C=O) groups excluding carboxylic acids is 2. The number of hydrogen-bond donors (Lipinski definition) is 0. The highest BCUT2D eigenvalue weighted by atomic mass is 16.3. The van der Waals surface area contributed by atoms with Gasteiger partial charge in [0.1, 0.15) is 5.76 Å². The zero-order chi connectivity index (χ0) is 20.1. The van der Waals surface area contributed by atoms with E-state index in [9.17, 15) is 9.59 Å². The first-order valence-corrected chi connectivity index (χ1v) is 10.5. The van der Waals surface area contributed by atoms with Crippen molar-refractivity contribution in [1.82, 2.24) is 14.7 Å². The van der Waals surface area contributed by atoms with E-state index in [4.69, 9.17) is 4.42 Å². The van der Waals surface area contributed by atoms with Gasteiger partial charge in [-0.2, -0.15) is 0 Å². The smallest absolute Gasteiger partial charge is 0.242 e. The van der Waals surface area contributed by atoms with Crippen LogP contribution in [0.25, 0.3) is 0 Å². The molecule has 2 saturated heterocycles. The number of amides is 2. The molecule has 29 heavy (non-hydrogen) atoms. The summed E-state index contributed by atoms with van der Waals surface area (Å²) < 4.78 is 5.44. The van der Waals surface area contributed by atoms with Crippen LogP contribution in [0.4, 0.5) is 0 Å². The SMILES string of the molecule is O=C1CN(C(=O)C2CCCN(Cc3ccco3)C2)CCN1CCc1ccccc1. The third-order valence-electron chi connectivity index (χ3n) is 5.96. The van der Waals surface area contributed by atoms with E-state index < -0.39 is 0 Å². The van der Waals surface area contributed by atoms with Crippen molar-refractivity contribution in [1.29, 1.82) is 0 Å². The molecule has 1 unspecified atom stereocenters. The fraction of sp³-hybridized carbons (Fsp3) is 0.478. The second-order valence-corrected chi connectivity index (χ2v) is 8.03. The predicted molar refractivity (Wildman–Crippen MR) is 110 cm³/mol. The quantitative estimate of drug-likeness (QED) is 0.754. The van der Waals surface area contributed by atoms with Gasteiger partial charge >= 0.3 is 0 Å². The van der Waals surface area contributed by atoms with Crippen LogP contribution >= 0.6 is 0 Å². The van der Waals surface area contributed by atoms with Crippen molar-refractivity contribution in [3.63, 3.8) is 0 Å². The lowest BCUT2D eigenvalue weighted by atomic mass is 9.96. The van der Waals surface area contributed by atoms with Crippen LogP contribution < -0.4 is 0 Å². The molecule has 0 radical (unpaired) electrons. The van der Waals surface area contributed by atoms with Gasteiger partial charge in [0.25, 0.3) is 0 Å². The maximum atomic E-state index is 13.0. The molecule has 6 heteroatoms. The zero-order valence-electron chi connectivity index (χ0n) is 16.8. The zero-order valence-corrected chi connectivity index (χ0v) is 16.8. The van der Waals surface area contributed by atoms with Gasteiger partial charge in [0.05, 0.1) is 25.3 Å². The van der Waals surface area contributed by atoms with Crippen LogP contribution in [-0.4, -0.2) is 65.8 Å². The number of nitrogens with zero attached hydrogens (tertiary/aromatic N) is 3. The van der Waals surface area contributed by atoms with E-state index in [2.05, 4.69) is 17.0 Å². The second-order valence-electron chi connectivity index (χ2n) is 8.03. The van der Waals surface area contributed by atoms with Gasteiger partial charge in [0.2, 0.25) is 11.8 Å². The summed E-state index contributed by atoms with van der Waals surface area (Å²) in [6, 6.07) is 14.1. The summed E-state index contributed by atoms with van der Waals surface area (Å²) in [7, 11) is 0. The van der Waals surface area contributed by atoms with Gasteiger partial charge in [-0.15, -0.1) is 0 Å². The Morgan fingerprint density at radius 2 is 1.93 bits per heavy atom. The topological polar surface area (TPSA) is 57.0 Å². The first kappa shape index (κ1) is 19.7. The highest BCUT2D eigenvalue weighted by Crippen LogP contribution is 2.22. The van der Waals surface area contributed by atoms with Gasteiger partial charge in [-0.1, -0.05) is 30.3 Å². The number of carbonyl (C=O) groups is 2. The molecule has 2 fully saturated rings. The minimum absolute atomic E-state index is 0.0256. The molecular weight excluding hydrogens is 366 g/mol. The van der Waals surface area contributed by atoms with Crippen LogP contribution in [0.5, 0.6) is 0 Å². The Balaban J connectivity index is 1.27. The molecule has 1 aromatic carbocycles. The second kappa shape index (κ2) is 9.27. The molecule has 2 aliphatic rings. The molecule has 2 amide bonds. The van der Waals surface area contributed by atoms with Crippen LogP contribution in [0.3, 0.4) is 0 Å². The van der Waals surface area contributed by atoms with Crippen molar-refractivity contribution in [3.05, 3.63) is 60.1 Å². The Morgan fingerprint density at radius 1 is 1.07 bits per heavy atom. The van der Waals surface area contributed by atoms with E-state index in [1.54, 1.807) is 11.2 Å². The summed E-state index contributed by atoms with van der Waals surface area (Å²) in [6.45, 7) is 4.64. The average molecular weight is 396 g/mol. The molecule has 6 nitrogen and oxygen atoms in total. The lowest BCUT2D eigenvalue weighted by Crippen LogP contribution is -2.55. The third-order valence-corrected chi connectivity index (χ3v) is 5.96. The molecule has 0 aliphatic carbocycles. The molecule has 0 spiro atoms. The Labute approximate surface area is 172 Å². The van der Waals surface area contributed by atoms with Crippen LogP contribution in [0.15, 0.2) is 53.1 Å². The normalized spacial score (nSPS) is 20.8. The highest BCUT2D eigenvalue weighted by Gasteiger charge is 2.33. The summed E-state index contributed by atoms with van der Waals surface area (Å²) in [5.74, 6) is 1.09. The Bertz CT molecular complexity index is 806. The number of piperazine rings is 1. The number of benzene rings is 1. The van der Waals surface area contributed by atoms with E-state index in [0.29, 0.717) is 19.6 Å². The third kappa shape index (κ3) is 5.07. The Morgan fingerprint density at radius 3 is 2.69 bits per heavy atom. The van der Waals surface area contributed by atoms with Crippen molar-refractivity contribution in [2.24, 2.45) is 5.92 Å². The van der Waals surface area contributed by atoms with Gasteiger partial charge in [0, 0.05) is 26.2 Å². The molecule has 154 valence electrons. The van der Waals surface area contributed by atoms with Crippen molar-refractivity contribution in [3.8, 4) is 0 Å². The highest BCUT2D eigenvalue weighted by molar-refractivity contribution is 5.87. The fourth-order valence-corrected chi connectivity index (χ4v) is 4.32. The number of piperidine rings is 1. The maximum Gasteiger partial charge on any atom is 0.242 e. The van der Waals surface area contributed by atoms with Crippen LogP contribution in [0, 0.1) is 5.92 Å². The summed E-state index contributed by atoms with van der Waals surface area (Å²) in [6.07, 6.45) is 4.44. The number of hydrogen-bond acceptors (Lipinski definition) is 4. The summed E-state index contributed by atoms with van der Waals surface area (Å²) in [4.78, 5) is 31.6. The molecule has 0 bridgehead atoms. The van der Waals surface area contributed by atoms with E-state index in [0.717, 1.165) is 44.7 Å². The molecule has 2 aromatic rings. The molecule has 1 atom stereocenters. The largest absolute Gasteiger partial charge is 0.468 e. The van der Waals surface area contributed by atoms with Crippen LogP contribution in [0.1, 0.15) is 24.2 Å². The minimum Gasteiger partial charge on any atom is -0.468 e. The number of likely N-dealkylation sites (tertiary alicyclic amines) is 1. The maximum absolute atomic E-state index is 13.0. The van der Waals surface area contributed by atoms with Crippen molar-refractivity contribution in [2.45, 2.75) is 25.8 Å². The Hall–Kier alpha value is -2.60. The van der Waals surface area contributed by atoms with Gasteiger partial charge in [-0.25, -0.2) is 0 Å². The van der Waals surface area contributed by atoms with Crippen LogP contribution in [-0.2, 0) is 22.6 Å². The van der Waals surface area contributed by atoms with Crippen molar-refractivity contribution >= 4 is 11.8 Å². The van der Waals surface area contributed by atoms with Crippen molar-refractivity contribution < 1.29 is 14.0 Å².